The molecule has 0 aliphatic rings. The number of carbonyl (C=O) groups excluding carboxylic acids is 1. The third kappa shape index (κ3) is 4.73. The zero-order chi connectivity index (χ0) is 18.6. The number of halogens is 2. The van der Waals surface area contributed by atoms with E-state index in [9.17, 15) is 15.0 Å². The van der Waals surface area contributed by atoms with Gasteiger partial charge in [-0.25, -0.2) is 5.43 Å². The van der Waals surface area contributed by atoms with Crippen LogP contribution < -0.4 is 10.2 Å². The topological polar surface area (TPSA) is 91.2 Å². The van der Waals surface area contributed by atoms with Gasteiger partial charge in [0.15, 0.2) is 6.61 Å². The quantitative estimate of drug-likeness (QED) is 0.457. The molecule has 0 atom stereocenters. The summed E-state index contributed by atoms with van der Waals surface area (Å²) in [5.74, 6) is -0.0767. The van der Waals surface area contributed by atoms with Crippen molar-refractivity contribution in [2.24, 2.45) is 5.10 Å². The monoisotopic (exact) mass is 470 g/mol. The summed E-state index contributed by atoms with van der Waals surface area (Å²) in [5, 5.41) is 23.4. The Kier molecular flexibility index (Phi) is 6.44. The summed E-state index contributed by atoms with van der Waals surface area (Å²) in [7, 11) is 0. The first-order valence-corrected chi connectivity index (χ1v) is 8.80. The summed E-state index contributed by atoms with van der Waals surface area (Å²) in [4.78, 5) is 11.8. The number of para-hydroxylation sites is 1. The van der Waals surface area contributed by atoms with Gasteiger partial charge in [0.1, 0.15) is 21.7 Å². The molecule has 0 aliphatic carbocycles. The third-order valence-electron chi connectivity index (χ3n) is 3.35. The molecule has 0 fully saturated rings. The lowest BCUT2D eigenvalue weighted by molar-refractivity contribution is -0.123. The van der Waals surface area contributed by atoms with Crippen LogP contribution in [0.15, 0.2) is 38.3 Å². The first kappa shape index (κ1) is 19.3. The molecular formula is C17H16Br2N2O4. The average molecular weight is 472 g/mol. The molecule has 1 amide bonds. The van der Waals surface area contributed by atoms with Gasteiger partial charge < -0.3 is 14.9 Å². The fraction of sp³-hybridized carbons (Fsp3) is 0.176. The maximum Gasteiger partial charge on any atom is 0.277 e. The van der Waals surface area contributed by atoms with E-state index in [0.29, 0.717) is 15.8 Å². The van der Waals surface area contributed by atoms with E-state index in [-0.39, 0.29) is 22.6 Å². The van der Waals surface area contributed by atoms with Crippen molar-refractivity contribution >= 4 is 44.0 Å². The van der Waals surface area contributed by atoms with Gasteiger partial charge in [-0.2, -0.15) is 5.10 Å². The van der Waals surface area contributed by atoms with E-state index >= 15 is 0 Å². The molecule has 2 rings (SSSR count). The van der Waals surface area contributed by atoms with Crippen LogP contribution in [0.5, 0.6) is 17.2 Å². The van der Waals surface area contributed by atoms with E-state index in [0.717, 1.165) is 11.1 Å². The zero-order valence-electron chi connectivity index (χ0n) is 13.5. The van der Waals surface area contributed by atoms with Crippen LogP contribution in [-0.4, -0.2) is 28.9 Å². The molecule has 6 nitrogen and oxygen atoms in total. The highest BCUT2D eigenvalue weighted by Gasteiger charge is 2.13. The fourth-order valence-electron chi connectivity index (χ4n) is 2.09. The smallest absolute Gasteiger partial charge is 0.277 e. The molecule has 0 aliphatic heterocycles. The number of aryl methyl sites for hydroxylation is 2. The minimum atomic E-state index is -0.435. The van der Waals surface area contributed by atoms with Gasteiger partial charge in [0.05, 0.1) is 10.7 Å². The summed E-state index contributed by atoms with van der Waals surface area (Å²) in [5.41, 5.74) is 4.52. The highest BCUT2D eigenvalue weighted by Crippen LogP contribution is 2.40. The molecule has 0 spiro atoms. The van der Waals surface area contributed by atoms with Crippen molar-refractivity contribution in [1.29, 1.82) is 0 Å². The summed E-state index contributed by atoms with van der Waals surface area (Å²) in [6.07, 6.45) is 1.27. The summed E-state index contributed by atoms with van der Waals surface area (Å²) >= 11 is 6.22. The predicted molar refractivity (Wildman–Crippen MR) is 102 cm³/mol. The molecule has 0 aromatic heterocycles. The molecule has 0 saturated carbocycles. The number of nitrogens with one attached hydrogen (secondary N) is 1. The van der Waals surface area contributed by atoms with E-state index < -0.39 is 5.91 Å². The number of phenolic OH excluding ortho intramolecular Hbond substituents is 2. The van der Waals surface area contributed by atoms with Crippen molar-refractivity contribution in [3.63, 3.8) is 0 Å². The van der Waals surface area contributed by atoms with E-state index in [2.05, 4.69) is 42.4 Å². The largest absolute Gasteiger partial charge is 0.506 e. The number of hydrogen-bond acceptors (Lipinski definition) is 5. The van der Waals surface area contributed by atoms with Gasteiger partial charge in [-0.15, -0.1) is 0 Å². The predicted octanol–water partition coefficient (Wildman–Crippen LogP) is 3.77. The van der Waals surface area contributed by atoms with Crippen LogP contribution in [0.25, 0.3) is 0 Å². The molecular weight excluding hydrogens is 456 g/mol. The maximum atomic E-state index is 11.8. The number of rotatable bonds is 5. The van der Waals surface area contributed by atoms with Crippen LogP contribution in [0, 0.1) is 13.8 Å². The second kappa shape index (κ2) is 8.35. The Labute approximate surface area is 161 Å². The van der Waals surface area contributed by atoms with Crippen molar-refractivity contribution in [2.75, 3.05) is 6.61 Å². The van der Waals surface area contributed by atoms with E-state index in [1.54, 1.807) is 0 Å². The van der Waals surface area contributed by atoms with E-state index in [1.165, 1.54) is 12.3 Å². The number of hydrazone groups is 1. The number of phenols is 2. The van der Waals surface area contributed by atoms with Crippen LogP contribution in [-0.2, 0) is 4.79 Å². The molecule has 2 aromatic rings. The molecule has 0 saturated heterocycles. The first-order valence-electron chi connectivity index (χ1n) is 7.22. The molecule has 3 N–H and O–H groups in total. The Morgan fingerprint density at radius 2 is 1.88 bits per heavy atom. The third-order valence-corrected chi connectivity index (χ3v) is 4.70. The Balaban J connectivity index is 1.98. The number of benzene rings is 2. The van der Waals surface area contributed by atoms with Crippen molar-refractivity contribution in [3.05, 3.63) is 49.9 Å². The molecule has 0 unspecified atom stereocenters. The number of ether oxygens (including phenoxy) is 1. The number of carbonyl (C=O) groups is 1. The molecule has 0 heterocycles. The van der Waals surface area contributed by atoms with Crippen molar-refractivity contribution in [2.45, 2.75) is 13.8 Å². The highest BCUT2D eigenvalue weighted by molar-refractivity contribution is 9.11. The van der Waals surface area contributed by atoms with Crippen LogP contribution in [0.3, 0.4) is 0 Å². The van der Waals surface area contributed by atoms with Gasteiger partial charge in [-0.1, -0.05) is 18.2 Å². The zero-order valence-corrected chi connectivity index (χ0v) is 16.7. The lowest BCUT2D eigenvalue weighted by atomic mass is 10.1. The number of hydrogen-bond donors (Lipinski definition) is 3. The van der Waals surface area contributed by atoms with E-state index in [1.807, 2.05) is 32.0 Å². The maximum absolute atomic E-state index is 11.8. The number of aromatic hydroxyl groups is 2. The Bertz CT molecular complexity index is 818. The van der Waals surface area contributed by atoms with Gasteiger partial charge in [-0.3, -0.25) is 4.79 Å². The molecule has 132 valence electrons. The standard InChI is InChI=1S/C17H16Br2N2O4/c1-9-4-3-5-10(2)17(9)25-8-13(22)21-20-7-11-6-12(18)16(24)14(19)15(11)23/h3-7,23-24H,8H2,1-2H3,(H,21,22)/b20-7-. The number of amides is 1. The lowest BCUT2D eigenvalue weighted by Gasteiger charge is -2.10. The molecule has 0 radical (unpaired) electrons. The second-order valence-electron chi connectivity index (χ2n) is 5.26. The van der Waals surface area contributed by atoms with Gasteiger partial charge in [-0.05, 0) is 62.9 Å². The van der Waals surface area contributed by atoms with Gasteiger partial charge in [0.2, 0.25) is 0 Å². The average Bonchev–Trinajstić information content (AvgIpc) is 2.57. The van der Waals surface area contributed by atoms with Gasteiger partial charge in [0, 0.05) is 5.56 Å². The minimum Gasteiger partial charge on any atom is -0.506 e. The SMILES string of the molecule is Cc1cccc(C)c1OCC(=O)N/N=C\c1cc(Br)c(O)c(Br)c1O. The molecule has 8 heteroatoms. The van der Waals surface area contributed by atoms with Crippen molar-refractivity contribution in [1.82, 2.24) is 5.43 Å². The van der Waals surface area contributed by atoms with Crippen LogP contribution in [0.1, 0.15) is 16.7 Å². The number of nitrogens with zero attached hydrogens (tertiary/aromatic N) is 1. The highest BCUT2D eigenvalue weighted by atomic mass is 79.9. The van der Waals surface area contributed by atoms with Gasteiger partial charge >= 0.3 is 0 Å². The second-order valence-corrected chi connectivity index (χ2v) is 6.91. The Morgan fingerprint density at radius 1 is 1.24 bits per heavy atom. The van der Waals surface area contributed by atoms with Gasteiger partial charge in [0.25, 0.3) is 5.91 Å². The molecule has 2 aromatic carbocycles. The normalized spacial score (nSPS) is 10.9. The van der Waals surface area contributed by atoms with Crippen molar-refractivity contribution < 1.29 is 19.7 Å². The lowest BCUT2D eigenvalue weighted by Crippen LogP contribution is -2.25. The van der Waals surface area contributed by atoms with Crippen LogP contribution in [0.2, 0.25) is 0 Å². The Hall–Kier alpha value is -2.06. The first-order chi connectivity index (χ1) is 11.8. The summed E-state index contributed by atoms with van der Waals surface area (Å²) < 4.78 is 6.04. The summed E-state index contributed by atoms with van der Waals surface area (Å²) in [6, 6.07) is 7.20. The van der Waals surface area contributed by atoms with E-state index in [4.69, 9.17) is 4.74 Å². The molecule has 25 heavy (non-hydrogen) atoms. The van der Waals surface area contributed by atoms with Crippen molar-refractivity contribution in [3.8, 4) is 17.2 Å². The Morgan fingerprint density at radius 3 is 2.52 bits per heavy atom. The fourth-order valence-corrected chi connectivity index (χ4v) is 3.24. The summed E-state index contributed by atoms with van der Waals surface area (Å²) in [6.45, 7) is 3.63. The van der Waals surface area contributed by atoms with Crippen LogP contribution in [0.4, 0.5) is 0 Å². The molecule has 0 bridgehead atoms. The van der Waals surface area contributed by atoms with Crippen LogP contribution >= 0.6 is 31.9 Å². The minimum absolute atomic E-state index is 0.124.